The highest BCUT2D eigenvalue weighted by Crippen LogP contribution is 2.19. The van der Waals surface area contributed by atoms with Gasteiger partial charge in [-0.3, -0.25) is 14.6 Å². The summed E-state index contributed by atoms with van der Waals surface area (Å²) in [4.78, 5) is 56.8. The highest BCUT2D eigenvalue weighted by atomic mass is 16.4. The number of imidazole rings is 1. The molecular weight excluding hydrogens is 330 g/mol. The van der Waals surface area contributed by atoms with Gasteiger partial charge in [0.25, 0.3) is 0 Å². The second kappa shape index (κ2) is 6.75. The molecule has 2 aromatic heterocycles. The molecule has 1 aliphatic heterocycles. The predicted molar refractivity (Wildman–Crippen MR) is 86.9 cm³/mol. The van der Waals surface area contributed by atoms with E-state index >= 15 is 0 Å². The van der Waals surface area contributed by atoms with Gasteiger partial charge < -0.3 is 20.3 Å². The molecule has 0 aliphatic carbocycles. The van der Waals surface area contributed by atoms with Crippen LogP contribution in [-0.2, 0) is 14.4 Å². The SMILES string of the molecule is O=C(CCC(=O)N1CCCC1C(=O)O)Nc1ccc2[nH]c(=O)[nH]c2n1. The van der Waals surface area contributed by atoms with Crippen LogP contribution in [0.2, 0.25) is 0 Å². The molecule has 3 rings (SSSR count). The Hall–Kier alpha value is -3.17. The van der Waals surface area contributed by atoms with E-state index in [-0.39, 0.29) is 24.6 Å². The molecule has 0 aromatic carbocycles. The van der Waals surface area contributed by atoms with Crippen LogP contribution in [0.15, 0.2) is 16.9 Å². The van der Waals surface area contributed by atoms with Crippen molar-refractivity contribution in [2.24, 2.45) is 0 Å². The van der Waals surface area contributed by atoms with Gasteiger partial charge in [-0.2, -0.15) is 0 Å². The number of likely N-dealkylation sites (tertiary alicyclic amines) is 1. The van der Waals surface area contributed by atoms with Gasteiger partial charge in [0.1, 0.15) is 11.9 Å². The molecule has 132 valence electrons. The number of aromatic nitrogens is 3. The molecule has 0 spiro atoms. The fourth-order valence-corrected chi connectivity index (χ4v) is 2.88. The third-order valence-electron chi connectivity index (χ3n) is 4.07. The van der Waals surface area contributed by atoms with E-state index in [9.17, 15) is 19.2 Å². The molecular formula is C15H17N5O5. The number of rotatable bonds is 5. The molecule has 1 fully saturated rings. The standard InChI is InChI=1S/C15H17N5O5/c21-11(5-6-12(22)20-7-1-2-9(20)14(23)24)17-10-4-3-8-13(18-10)19-15(25)16-8/h3-4,9H,1-2,5-7H2,(H,23,24)(H3,16,17,18,19,21,25). The third-order valence-corrected chi connectivity index (χ3v) is 4.07. The molecule has 0 bridgehead atoms. The maximum atomic E-state index is 12.1. The molecule has 4 N–H and O–H groups in total. The summed E-state index contributed by atoms with van der Waals surface area (Å²) >= 11 is 0. The molecule has 1 atom stereocenters. The summed E-state index contributed by atoms with van der Waals surface area (Å²) in [7, 11) is 0. The number of pyridine rings is 1. The van der Waals surface area contributed by atoms with Crippen LogP contribution in [0, 0.1) is 0 Å². The van der Waals surface area contributed by atoms with Crippen molar-refractivity contribution >= 4 is 34.8 Å². The molecule has 0 saturated carbocycles. The first-order valence-electron chi connectivity index (χ1n) is 7.85. The lowest BCUT2D eigenvalue weighted by Gasteiger charge is -2.21. The van der Waals surface area contributed by atoms with Crippen LogP contribution in [0.5, 0.6) is 0 Å². The number of hydrogen-bond donors (Lipinski definition) is 4. The first-order chi connectivity index (χ1) is 11.9. The Balaban J connectivity index is 1.55. The van der Waals surface area contributed by atoms with Gasteiger partial charge in [-0.15, -0.1) is 0 Å². The molecule has 10 nitrogen and oxygen atoms in total. The van der Waals surface area contributed by atoms with Gasteiger partial charge in [0, 0.05) is 19.4 Å². The van der Waals surface area contributed by atoms with Crippen molar-refractivity contribution in [3.05, 3.63) is 22.6 Å². The number of fused-ring (bicyclic) bond motifs is 1. The number of carboxylic acids is 1. The van der Waals surface area contributed by atoms with Gasteiger partial charge in [0.2, 0.25) is 11.8 Å². The largest absolute Gasteiger partial charge is 0.480 e. The number of hydrogen-bond acceptors (Lipinski definition) is 5. The molecule has 2 amide bonds. The van der Waals surface area contributed by atoms with Gasteiger partial charge >= 0.3 is 11.7 Å². The highest BCUT2D eigenvalue weighted by molar-refractivity contribution is 5.94. The van der Waals surface area contributed by atoms with Crippen molar-refractivity contribution < 1.29 is 19.5 Å². The Labute approximate surface area is 141 Å². The quantitative estimate of drug-likeness (QED) is 0.600. The number of anilines is 1. The predicted octanol–water partition coefficient (Wildman–Crippen LogP) is 0.0455. The molecule has 25 heavy (non-hydrogen) atoms. The number of carboxylic acid groups (broad SMARTS) is 1. The average Bonchev–Trinajstić information content (AvgIpc) is 3.17. The van der Waals surface area contributed by atoms with Crippen LogP contribution in [0.3, 0.4) is 0 Å². The number of aromatic amines is 2. The number of aliphatic carboxylic acids is 1. The van der Waals surface area contributed by atoms with E-state index in [1.54, 1.807) is 6.07 Å². The minimum absolute atomic E-state index is 0.0706. The lowest BCUT2D eigenvalue weighted by Crippen LogP contribution is -2.40. The van der Waals surface area contributed by atoms with Crippen LogP contribution >= 0.6 is 0 Å². The number of amides is 2. The van der Waals surface area contributed by atoms with Crippen molar-refractivity contribution in [3.63, 3.8) is 0 Å². The van der Waals surface area contributed by atoms with E-state index in [0.29, 0.717) is 30.6 Å². The van der Waals surface area contributed by atoms with Crippen LogP contribution < -0.4 is 11.0 Å². The zero-order valence-electron chi connectivity index (χ0n) is 13.2. The Bertz CT molecular complexity index is 886. The third kappa shape index (κ3) is 3.67. The highest BCUT2D eigenvalue weighted by Gasteiger charge is 2.33. The second-order valence-electron chi connectivity index (χ2n) is 5.80. The first-order valence-corrected chi connectivity index (χ1v) is 7.85. The summed E-state index contributed by atoms with van der Waals surface area (Å²) in [5.41, 5.74) is 0.447. The number of carbonyl (C=O) groups is 3. The van der Waals surface area contributed by atoms with Gasteiger partial charge in [0.15, 0.2) is 5.65 Å². The number of carbonyl (C=O) groups excluding carboxylic acids is 2. The fourth-order valence-electron chi connectivity index (χ4n) is 2.88. The molecule has 1 saturated heterocycles. The van der Waals surface area contributed by atoms with Crippen LogP contribution in [0.25, 0.3) is 11.2 Å². The zero-order valence-corrected chi connectivity index (χ0v) is 13.2. The van der Waals surface area contributed by atoms with Crippen LogP contribution in [0.1, 0.15) is 25.7 Å². The molecule has 1 aliphatic rings. The molecule has 10 heteroatoms. The van der Waals surface area contributed by atoms with Crippen molar-refractivity contribution in [2.75, 3.05) is 11.9 Å². The molecule has 3 heterocycles. The first kappa shape index (κ1) is 16.7. The van der Waals surface area contributed by atoms with Gasteiger partial charge in [-0.1, -0.05) is 0 Å². The van der Waals surface area contributed by atoms with Crippen molar-refractivity contribution in [2.45, 2.75) is 31.7 Å². The van der Waals surface area contributed by atoms with E-state index in [0.717, 1.165) is 0 Å². The summed E-state index contributed by atoms with van der Waals surface area (Å²) in [5.74, 6) is -1.53. The van der Waals surface area contributed by atoms with Crippen molar-refractivity contribution in [1.82, 2.24) is 19.9 Å². The van der Waals surface area contributed by atoms with E-state index in [4.69, 9.17) is 5.11 Å². The van der Waals surface area contributed by atoms with Gasteiger partial charge in [-0.05, 0) is 25.0 Å². The zero-order chi connectivity index (χ0) is 18.0. The van der Waals surface area contributed by atoms with Gasteiger partial charge in [-0.25, -0.2) is 14.6 Å². The van der Waals surface area contributed by atoms with E-state index in [1.807, 2.05) is 0 Å². The van der Waals surface area contributed by atoms with Crippen molar-refractivity contribution in [1.29, 1.82) is 0 Å². The number of nitrogens with one attached hydrogen (secondary N) is 3. The fraction of sp³-hybridized carbons (Fsp3) is 0.400. The monoisotopic (exact) mass is 347 g/mol. The minimum Gasteiger partial charge on any atom is -0.480 e. The average molecular weight is 347 g/mol. The summed E-state index contributed by atoms with van der Waals surface area (Å²) in [6, 6.07) is 2.33. The maximum absolute atomic E-state index is 12.1. The minimum atomic E-state index is -1.02. The maximum Gasteiger partial charge on any atom is 0.326 e. The lowest BCUT2D eigenvalue weighted by molar-refractivity contribution is -0.148. The topological polar surface area (TPSA) is 148 Å². The second-order valence-corrected chi connectivity index (χ2v) is 5.80. The Morgan fingerprint density at radius 2 is 2.08 bits per heavy atom. The summed E-state index contributed by atoms with van der Waals surface area (Å²) < 4.78 is 0. The van der Waals surface area contributed by atoms with E-state index in [2.05, 4.69) is 20.3 Å². The molecule has 0 radical (unpaired) electrons. The smallest absolute Gasteiger partial charge is 0.326 e. The lowest BCUT2D eigenvalue weighted by atomic mass is 10.2. The number of H-pyrrole nitrogens is 2. The van der Waals surface area contributed by atoms with Crippen LogP contribution in [0.4, 0.5) is 5.82 Å². The Morgan fingerprint density at radius 3 is 2.84 bits per heavy atom. The van der Waals surface area contributed by atoms with Crippen LogP contribution in [-0.4, -0.2) is 55.3 Å². The van der Waals surface area contributed by atoms with E-state index in [1.165, 1.54) is 11.0 Å². The molecule has 2 aromatic rings. The number of nitrogens with zero attached hydrogens (tertiary/aromatic N) is 2. The van der Waals surface area contributed by atoms with Gasteiger partial charge in [0.05, 0.1) is 5.52 Å². The van der Waals surface area contributed by atoms with Crippen molar-refractivity contribution in [3.8, 4) is 0 Å². The Morgan fingerprint density at radius 1 is 1.28 bits per heavy atom. The Kier molecular flexibility index (Phi) is 4.50. The summed E-state index contributed by atoms with van der Waals surface area (Å²) in [5, 5.41) is 11.6. The summed E-state index contributed by atoms with van der Waals surface area (Å²) in [6.45, 7) is 0.399. The van der Waals surface area contributed by atoms with E-state index < -0.39 is 23.6 Å². The summed E-state index contributed by atoms with van der Waals surface area (Å²) in [6.07, 6.45) is 0.934. The molecule has 1 unspecified atom stereocenters. The normalized spacial score (nSPS) is 17.0.